The lowest BCUT2D eigenvalue weighted by Gasteiger charge is -2.40. The number of aryl methyl sites for hydroxylation is 4. The lowest BCUT2D eigenvalue weighted by atomic mass is 9.80. The number of H-pyrrole nitrogens is 2. The van der Waals surface area contributed by atoms with Gasteiger partial charge in [0.2, 0.25) is 11.8 Å². The van der Waals surface area contributed by atoms with Crippen LogP contribution >= 0.6 is 0 Å². The van der Waals surface area contributed by atoms with Crippen LogP contribution in [0.1, 0.15) is 153 Å². The van der Waals surface area contributed by atoms with Gasteiger partial charge in [0.1, 0.15) is 58.1 Å². The molecular formula is C90H82N6O10. The second-order valence-electron chi connectivity index (χ2n) is 29.3. The van der Waals surface area contributed by atoms with E-state index in [1.165, 1.54) is 0 Å². The Bertz CT molecular complexity index is 5050. The first-order valence-electron chi connectivity index (χ1n) is 37.4. The number of ether oxygens (including phenoxy) is 4. The van der Waals surface area contributed by atoms with Gasteiger partial charge in [-0.1, -0.05) is 146 Å². The molecule has 4 aliphatic rings. The number of aromatic amines is 2. The summed E-state index contributed by atoms with van der Waals surface area (Å²) in [6, 6.07) is 53.6. The molecule has 2 unspecified atom stereocenters. The number of amides is 6. The largest absolute Gasteiger partial charge is 0.457 e. The second-order valence-corrected chi connectivity index (χ2v) is 29.3. The number of likely N-dealkylation sites (N-methyl/N-ethyl adjacent to an activating group) is 2. The van der Waals surface area contributed by atoms with Gasteiger partial charge in [-0.15, -0.1) is 0 Å². The van der Waals surface area contributed by atoms with E-state index in [-0.39, 0.29) is 92.8 Å². The van der Waals surface area contributed by atoms with Crippen molar-refractivity contribution in [3.63, 3.8) is 0 Å². The molecule has 0 spiro atoms. The Morgan fingerprint density at radius 1 is 0.377 bits per heavy atom. The number of para-hydroxylation sites is 2. The van der Waals surface area contributed by atoms with Gasteiger partial charge in [-0.3, -0.25) is 38.6 Å². The van der Waals surface area contributed by atoms with Crippen LogP contribution in [-0.2, 0) is 22.4 Å². The summed E-state index contributed by atoms with van der Waals surface area (Å²) in [7, 11) is 0. The molecule has 11 aromatic carbocycles. The van der Waals surface area contributed by atoms with Crippen molar-refractivity contribution in [3.05, 3.63) is 238 Å². The molecule has 0 saturated heterocycles. The number of hydrogen-bond acceptors (Lipinski definition) is 10. The Hall–Kier alpha value is -11.8. The van der Waals surface area contributed by atoms with E-state index in [0.29, 0.717) is 79.8 Å². The van der Waals surface area contributed by atoms with Crippen molar-refractivity contribution in [3.8, 4) is 46.0 Å². The quantitative estimate of drug-likeness (QED) is 0.0423. The van der Waals surface area contributed by atoms with E-state index in [1.807, 2.05) is 209 Å². The highest BCUT2D eigenvalue weighted by molar-refractivity contribution is 6.45. The van der Waals surface area contributed by atoms with Gasteiger partial charge in [0.15, 0.2) is 0 Å². The Morgan fingerprint density at radius 2 is 0.660 bits per heavy atom. The van der Waals surface area contributed by atoms with E-state index in [2.05, 4.69) is 9.97 Å². The average molecular weight is 1410 g/mol. The second kappa shape index (κ2) is 27.4. The van der Waals surface area contributed by atoms with Crippen LogP contribution < -0.4 is 18.9 Å². The van der Waals surface area contributed by atoms with E-state index >= 15 is 28.8 Å². The van der Waals surface area contributed by atoms with Gasteiger partial charge < -0.3 is 38.7 Å². The summed E-state index contributed by atoms with van der Waals surface area (Å²) in [6.07, 6.45) is 9.02. The number of carbonyl (C=O) groups is 6. The fourth-order valence-corrected chi connectivity index (χ4v) is 17.2. The molecule has 106 heavy (non-hydrogen) atoms. The van der Waals surface area contributed by atoms with Crippen LogP contribution in [0.2, 0.25) is 0 Å². The number of fused-ring (bicyclic) bond motifs is 4. The minimum atomic E-state index is -1.33. The van der Waals surface area contributed by atoms with Crippen LogP contribution in [0.5, 0.6) is 46.0 Å². The molecule has 2 aliphatic heterocycles. The van der Waals surface area contributed by atoms with Crippen molar-refractivity contribution in [2.45, 2.75) is 143 Å². The third-order valence-electron chi connectivity index (χ3n) is 22.4. The van der Waals surface area contributed by atoms with E-state index in [0.717, 1.165) is 118 Å². The Morgan fingerprint density at radius 3 is 0.934 bits per heavy atom. The number of nitrogens with zero attached hydrogens (tertiary/aromatic N) is 4. The molecule has 2 aliphatic carbocycles. The summed E-state index contributed by atoms with van der Waals surface area (Å²) >= 11 is 0. The lowest BCUT2D eigenvalue weighted by molar-refractivity contribution is -0.139. The maximum atomic E-state index is 16.8. The van der Waals surface area contributed by atoms with Crippen molar-refractivity contribution in [2.24, 2.45) is 0 Å². The topological polar surface area (TPSA) is 184 Å². The van der Waals surface area contributed by atoms with Crippen molar-refractivity contribution in [1.29, 1.82) is 0 Å². The van der Waals surface area contributed by atoms with Crippen molar-refractivity contribution in [1.82, 2.24) is 29.6 Å². The molecule has 17 rings (SSSR count). The van der Waals surface area contributed by atoms with Crippen LogP contribution in [0.25, 0.3) is 64.9 Å². The number of aromatic nitrogens is 2. The Kier molecular flexibility index (Phi) is 17.4. The summed E-state index contributed by atoms with van der Waals surface area (Å²) in [4.78, 5) is 113. The van der Waals surface area contributed by atoms with Gasteiger partial charge in [-0.2, -0.15) is 0 Å². The SMILES string of the molecule is CCN(C(=O)C(Cc1cc2ccccc2[nH]1)N1C(=O)c2cc(Oc3ccc(C)cc3)c3c4c(Oc5ccc(C)cc5)cc5c6c(cc(Oc7ccc(C)cc7)c(c7c(Oc8ccc(C)cc8)cc(c2c37)C1=O)c64)C(=O)N(C(Cc1cc2ccccc2[nH]1)C(=O)N(CC)C1CCCCC1)C5=O)C1CCCCC1. The first-order valence-corrected chi connectivity index (χ1v) is 37.4. The Balaban J connectivity index is 0.981. The Labute approximate surface area is 614 Å². The zero-order valence-corrected chi connectivity index (χ0v) is 60.4. The summed E-state index contributed by atoms with van der Waals surface area (Å²) in [6.45, 7) is 12.5. The first-order chi connectivity index (χ1) is 51.6. The smallest absolute Gasteiger partial charge is 0.262 e. The standard InChI is InChI=1S/C90H82N6O10/c1-7-93(59-21-11-9-12-22-59)89(101)71(45-57-43-55-19-15-17-25-69(55)91-57)95-85(97)65-47-73(103-61-35-27-51(3)28-36-61)79-81-75(105-63-39-31-53(5)32-40-63)49-67-78-68(88(100)96(87(67)99)72(46-58-44-56-20-16-18-26-70(56)92-58)90(102)94(8-2)60-23-13-10-14-24-60)50-76(106-64-41-33-54(6)34-42-64)82(84(78)81)80-74(104-62-37-29-52(4)30-38-62)48-66(86(95)98)77(65)83(79)80/h15-20,25-44,47-50,59-60,71-72,91-92H,7-14,21-24,45-46H2,1-6H3. The maximum absolute atomic E-state index is 16.8. The zero-order chi connectivity index (χ0) is 72.8. The van der Waals surface area contributed by atoms with Crippen LogP contribution in [0.15, 0.2) is 182 Å². The summed E-state index contributed by atoms with van der Waals surface area (Å²) < 4.78 is 29.4. The van der Waals surface area contributed by atoms with Crippen molar-refractivity contribution >= 4 is 100 Å². The number of rotatable bonds is 20. The first kappa shape index (κ1) is 67.4. The minimum Gasteiger partial charge on any atom is -0.457 e. The van der Waals surface area contributed by atoms with E-state index in [9.17, 15) is 0 Å². The third-order valence-corrected chi connectivity index (χ3v) is 22.4. The number of carbonyl (C=O) groups excluding carboxylic acids is 6. The predicted molar refractivity (Wildman–Crippen MR) is 414 cm³/mol. The highest BCUT2D eigenvalue weighted by atomic mass is 16.5. The van der Waals surface area contributed by atoms with Crippen molar-refractivity contribution in [2.75, 3.05) is 13.1 Å². The molecule has 2 fully saturated rings. The summed E-state index contributed by atoms with van der Waals surface area (Å²) in [5, 5.41) is 4.39. The molecule has 2 atom stereocenters. The molecule has 16 heteroatoms. The van der Waals surface area contributed by atoms with Crippen molar-refractivity contribution < 1.29 is 47.7 Å². The number of benzene rings is 11. The van der Waals surface area contributed by atoms with Gasteiger partial charge >= 0.3 is 0 Å². The zero-order valence-electron chi connectivity index (χ0n) is 60.4. The van der Waals surface area contributed by atoms with Crippen LogP contribution in [0.4, 0.5) is 0 Å². The normalized spacial score (nSPS) is 15.6. The molecular weight excluding hydrogens is 1330 g/mol. The molecule has 2 saturated carbocycles. The number of hydrogen-bond donors (Lipinski definition) is 2. The van der Waals surface area contributed by atoms with Gasteiger partial charge in [-0.05, 0) is 175 Å². The van der Waals surface area contributed by atoms with Gasteiger partial charge in [-0.25, -0.2) is 0 Å². The number of nitrogens with one attached hydrogen (secondary N) is 2. The van der Waals surface area contributed by atoms with E-state index in [1.54, 1.807) is 24.3 Å². The molecule has 2 N–H and O–H groups in total. The highest BCUT2D eigenvalue weighted by Crippen LogP contribution is 2.58. The molecule has 16 nitrogen and oxygen atoms in total. The van der Waals surface area contributed by atoms with Crippen LogP contribution in [-0.4, -0.2) is 102 Å². The molecule has 0 radical (unpaired) electrons. The molecule has 0 bridgehead atoms. The van der Waals surface area contributed by atoms with Gasteiger partial charge in [0.25, 0.3) is 23.6 Å². The van der Waals surface area contributed by atoms with Crippen LogP contribution in [0.3, 0.4) is 0 Å². The maximum Gasteiger partial charge on any atom is 0.262 e. The lowest BCUT2D eigenvalue weighted by Crippen LogP contribution is -2.57. The highest BCUT2D eigenvalue weighted by Gasteiger charge is 2.48. The molecule has 13 aromatic rings. The average Bonchev–Trinajstić information content (AvgIpc) is 0.703. The summed E-state index contributed by atoms with van der Waals surface area (Å²) in [5.41, 5.74) is 7.17. The van der Waals surface area contributed by atoms with E-state index < -0.39 is 35.7 Å². The molecule has 532 valence electrons. The molecule has 4 heterocycles. The fraction of sp³-hybridized carbons (Fsp3) is 0.267. The van der Waals surface area contributed by atoms with Crippen LogP contribution in [0, 0.1) is 27.7 Å². The molecule has 6 amide bonds. The summed E-state index contributed by atoms with van der Waals surface area (Å²) in [5.74, 6) is -1.38. The third kappa shape index (κ3) is 11.9. The monoisotopic (exact) mass is 1410 g/mol. The number of imide groups is 2. The van der Waals surface area contributed by atoms with E-state index in [4.69, 9.17) is 18.9 Å². The fourth-order valence-electron chi connectivity index (χ4n) is 17.2. The predicted octanol–water partition coefficient (Wildman–Crippen LogP) is 19.9. The van der Waals surface area contributed by atoms with Gasteiger partial charge in [0, 0.05) is 104 Å². The minimum absolute atomic E-state index is 0.0219. The van der Waals surface area contributed by atoms with Gasteiger partial charge in [0.05, 0.1) is 22.3 Å². The molecule has 2 aromatic heterocycles.